The molecule has 1 aliphatic rings. The summed E-state index contributed by atoms with van der Waals surface area (Å²) in [6.07, 6.45) is 1.13. The van der Waals surface area contributed by atoms with Gasteiger partial charge in [-0.1, -0.05) is 30.3 Å². The summed E-state index contributed by atoms with van der Waals surface area (Å²) in [7, 11) is -3.43. The highest BCUT2D eigenvalue weighted by Gasteiger charge is 2.26. The molecular weight excluding hydrogens is 324 g/mol. The van der Waals surface area contributed by atoms with E-state index in [2.05, 4.69) is 17.0 Å². The van der Waals surface area contributed by atoms with Gasteiger partial charge in [0.1, 0.15) is 0 Å². The molecule has 0 atom stereocenters. The third-order valence-corrected chi connectivity index (χ3v) is 5.36. The molecule has 0 saturated carbocycles. The Balaban J connectivity index is 1.75. The number of nitrogens with zero attached hydrogens (tertiary/aromatic N) is 2. The van der Waals surface area contributed by atoms with Gasteiger partial charge in [-0.05, 0) is 24.3 Å². The van der Waals surface area contributed by atoms with E-state index < -0.39 is 9.84 Å². The lowest BCUT2D eigenvalue weighted by atomic mass is 10.1. The van der Waals surface area contributed by atoms with Gasteiger partial charge in [0.05, 0.1) is 10.5 Å². The number of hydrogen-bond acceptors (Lipinski definition) is 4. The maximum atomic E-state index is 12.8. The zero-order valence-corrected chi connectivity index (χ0v) is 14.4. The van der Waals surface area contributed by atoms with Crippen molar-refractivity contribution in [1.82, 2.24) is 4.90 Å². The second-order valence-electron chi connectivity index (χ2n) is 5.88. The topological polar surface area (TPSA) is 57.7 Å². The second-order valence-corrected chi connectivity index (χ2v) is 7.87. The smallest absolute Gasteiger partial charge is 0.255 e. The van der Waals surface area contributed by atoms with Crippen LogP contribution in [0.15, 0.2) is 59.5 Å². The Morgan fingerprint density at radius 1 is 0.875 bits per heavy atom. The quantitative estimate of drug-likeness (QED) is 0.855. The predicted octanol–water partition coefficient (Wildman–Crippen LogP) is 2.05. The fourth-order valence-corrected chi connectivity index (χ4v) is 3.82. The largest absolute Gasteiger partial charge is 0.368 e. The van der Waals surface area contributed by atoms with E-state index in [4.69, 9.17) is 0 Å². The summed E-state index contributed by atoms with van der Waals surface area (Å²) in [5.74, 6) is -0.219. The van der Waals surface area contributed by atoms with Gasteiger partial charge in [-0.3, -0.25) is 4.79 Å². The lowest BCUT2D eigenvalue weighted by Crippen LogP contribution is -2.49. The van der Waals surface area contributed by atoms with Crippen molar-refractivity contribution >= 4 is 21.4 Å². The number of benzene rings is 2. The molecule has 0 spiro atoms. The molecule has 5 nitrogen and oxygen atoms in total. The van der Waals surface area contributed by atoms with Crippen LogP contribution in [0.25, 0.3) is 0 Å². The predicted molar refractivity (Wildman–Crippen MR) is 94.1 cm³/mol. The van der Waals surface area contributed by atoms with E-state index in [0.29, 0.717) is 13.1 Å². The molecule has 3 rings (SSSR count). The molecule has 1 saturated heterocycles. The van der Waals surface area contributed by atoms with Gasteiger partial charge in [-0.15, -0.1) is 0 Å². The summed E-state index contributed by atoms with van der Waals surface area (Å²) >= 11 is 0. The first-order chi connectivity index (χ1) is 11.5. The molecule has 6 heteroatoms. The average molecular weight is 344 g/mol. The van der Waals surface area contributed by atoms with Gasteiger partial charge in [0, 0.05) is 38.1 Å². The molecule has 1 heterocycles. The molecule has 24 heavy (non-hydrogen) atoms. The first kappa shape index (κ1) is 16.5. The van der Waals surface area contributed by atoms with E-state index in [-0.39, 0.29) is 16.4 Å². The summed E-state index contributed by atoms with van der Waals surface area (Å²) in [6.45, 7) is 2.62. The molecule has 0 aliphatic carbocycles. The van der Waals surface area contributed by atoms with Gasteiger partial charge in [0.25, 0.3) is 5.91 Å². The normalized spacial score (nSPS) is 15.4. The SMILES string of the molecule is CS(=O)(=O)c1ccccc1C(=O)N1CCN(c2ccccc2)CC1. The van der Waals surface area contributed by atoms with Crippen molar-refractivity contribution < 1.29 is 13.2 Å². The van der Waals surface area contributed by atoms with Gasteiger partial charge in [-0.25, -0.2) is 8.42 Å². The van der Waals surface area contributed by atoms with Gasteiger partial charge >= 0.3 is 0 Å². The third-order valence-electron chi connectivity index (χ3n) is 4.21. The first-order valence-electron chi connectivity index (χ1n) is 7.85. The minimum Gasteiger partial charge on any atom is -0.368 e. The van der Waals surface area contributed by atoms with Crippen LogP contribution in [0, 0.1) is 0 Å². The number of carbonyl (C=O) groups is 1. The molecule has 0 N–H and O–H groups in total. The van der Waals surface area contributed by atoms with E-state index in [1.807, 2.05) is 18.2 Å². The summed E-state index contributed by atoms with van der Waals surface area (Å²) in [5.41, 5.74) is 1.40. The van der Waals surface area contributed by atoms with Crippen LogP contribution in [0.1, 0.15) is 10.4 Å². The van der Waals surface area contributed by atoms with Crippen LogP contribution in [-0.4, -0.2) is 51.7 Å². The average Bonchev–Trinajstić information content (AvgIpc) is 2.61. The zero-order valence-electron chi connectivity index (χ0n) is 13.6. The molecule has 0 radical (unpaired) electrons. The van der Waals surface area contributed by atoms with Crippen molar-refractivity contribution in [2.75, 3.05) is 37.3 Å². The van der Waals surface area contributed by atoms with Crippen LogP contribution in [0.4, 0.5) is 5.69 Å². The Bertz CT molecular complexity index is 826. The lowest BCUT2D eigenvalue weighted by Gasteiger charge is -2.36. The van der Waals surface area contributed by atoms with Crippen molar-refractivity contribution in [3.63, 3.8) is 0 Å². The van der Waals surface area contributed by atoms with E-state index in [1.54, 1.807) is 23.1 Å². The van der Waals surface area contributed by atoms with Crippen LogP contribution < -0.4 is 4.90 Å². The Hall–Kier alpha value is -2.34. The zero-order chi connectivity index (χ0) is 17.2. The van der Waals surface area contributed by atoms with Crippen molar-refractivity contribution in [3.8, 4) is 0 Å². The highest BCUT2D eigenvalue weighted by Crippen LogP contribution is 2.20. The van der Waals surface area contributed by atoms with Crippen LogP contribution >= 0.6 is 0 Å². The maximum absolute atomic E-state index is 12.8. The van der Waals surface area contributed by atoms with Crippen LogP contribution in [0.3, 0.4) is 0 Å². The van der Waals surface area contributed by atoms with Gasteiger partial charge in [0.15, 0.2) is 9.84 Å². The first-order valence-corrected chi connectivity index (χ1v) is 9.74. The molecule has 1 aliphatic heterocycles. The standard InChI is InChI=1S/C18H20N2O3S/c1-24(22,23)17-10-6-5-9-16(17)18(21)20-13-11-19(12-14-20)15-7-3-2-4-8-15/h2-10H,11-14H2,1H3. The van der Waals surface area contributed by atoms with E-state index >= 15 is 0 Å². The van der Waals surface area contributed by atoms with E-state index in [1.165, 1.54) is 6.07 Å². The molecule has 2 aromatic rings. The summed E-state index contributed by atoms with van der Waals surface area (Å²) in [4.78, 5) is 16.8. The highest BCUT2D eigenvalue weighted by atomic mass is 32.2. The Morgan fingerprint density at radius 2 is 1.46 bits per heavy atom. The number of hydrogen-bond donors (Lipinski definition) is 0. The molecule has 2 aromatic carbocycles. The number of rotatable bonds is 3. The minimum absolute atomic E-state index is 0.0977. The van der Waals surface area contributed by atoms with Crippen molar-refractivity contribution in [2.45, 2.75) is 4.90 Å². The molecule has 0 bridgehead atoms. The molecular formula is C18H20N2O3S. The molecule has 0 aromatic heterocycles. The molecule has 1 amide bonds. The lowest BCUT2D eigenvalue weighted by molar-refractivity contribution is 0.0743. The van der Waals surface area contributed by atoms with Gasteiger partial charge in [-0.2, -0.15) is 0 Å². The second kappa shape index (κ2) is 6.65. The third kappa shape index (κ3) is 3.43. The van der Waals surface area contributed by atoms with Crippen molar-refractivity contribution in [1.29, 1.82) is 0 Å². The van der Waals surface area contributed by atoms with Crippen molar-refractivity contribution in [3.05, 3.63) is 60.2 Å². The van der Waals surface area contributed by atoms with Crippen LogP contribution in [-0.2, 0) is 9.84 Å². The van der Waals surface area contributed by atoms with E-state index in [0.717, 1.165) is 25.0 Å². The molecule has 0 unspecified atom stereocenters. The number of sulfone groups is 1. The monoisotopic (exact) mass is 344 g/mol. The summed E-state index contributed by atoms with van der Waals surface area (Å²) in [5, 5.41) is 0. The van der Waals surface area contributed by atoms with Gasteiger partial charge < -0.3 is 9.80 Å². The molecule has 126 valence electrons. The van der Waals surface area contributed by atoms with Crippen LogP contribution in [0.2, 0.25) is 0 Å². The van der Waals surface area contributed by atoms with Gasteiger partial charge in [0.2, 0.25) is 0 Å². The van der Waals surface area contributed by atoms with Crippen molar-refractivity contribution in [2.24, 2.45) is 0 Å². The number of piperazine rings is 1. The molecule has 1 fully saturated rings. The summed E-state index contributed by atoms with van der Waals surface area (Å²) < 4.78 is 23.8. The number of anilines is 1. The number of amides is 1. The Morgan fingerprint density at radius 3 is 2.08 bits per heavy atom. The number of carbonyl (C=O) groups excluding carboxylic acids is 1. The van der Waals surface area contributed by atoms with Crippen LogP contribution in [0.5, 0.6) is 0 Å². The highest BCUT2D eigenvalue weighted by molar-refractivity contribution is 7.90. The fraction of sp³-hybridized carbons (Fsp3) is 0.278. The Kier molecular flexibility index (Phi) is 4.57. The number of para-hydroxylation sites is 1. The Labute approximate surface area is 142 Å². The maximum Gasteiger partial charge on any atom is 0.255 e. The summed E-state index contributed by atoms with van der Waals surface area (Å²) in [6, 6.07) is 16.5. The van der Waals surface area contributed by atoms with E-state index in [9.17, 15) is 13.2 Å². The minimum atomic E-state index is -3.43. The fourth-order valence-electron chi connectivity index (χ4n) is 2.94.